The van der Waals surface area contributed by atoms with Crippen LogP contribution in [0.1, 0.15) is 25.3 Å². The number of methoxy groups -OCH3 is 1. The van der Waals surface area contributed by atoms with Crippen molar-refractivity contribution in [3.05, 3.63) is 48.0 Å². The van der Waals surface area contributed by atoms with Gasteiger partial charge in [0, 0.05) is 12.1 Å². The fourth-order valence-corrected chi connectivity index (χ4v) is 3.76. The molecule has 2 aromatic carbocycles. The lowest BCUT2D eigenvalue weighted by molar-refractivity contribution is 0.415. The van der Waals surface area contributed by atoms with Crippen LogP contribution >= 0.6 is 0 Å². The van der Waals surface area contributed by atoms with Crippen LogP contribution in [0.25, 0.3) is 16.3 Å². The summed E-state index contributed by atoms with van der Waals surface area (Å²) in [5.74, 6) is 1.71. The van der Waals surface area contributed by atoms with Crippen LogP contribution in [-0.2, 0) is 0 Å². The van der Waals surface area contributed by atoms with E-state index < -0.39 is 0 Å². The van der Waals surface area contributed by atoms with Gasteiger partial charge in [-0.2, -0.15) is 0 Å². The maximum absolute atomic E-state index is 5.30. The highest BCUT2D eigenvalue weighted by atomic mass is 16.5. The molecule has 0 saturated carbocycles. The second kappa shape index (κ2) is 4.88. The minimum atomic E-state index is 0.570. The lowest BCUT2D eigenvalue weighted by atomic mass is 9.92. The van der Waals surface area contributed by atoms with Gasteiger partial charge >= 0.3 is 0 Å². The van der Waals surface area contributed by atoms with E-state index in [-0.39, 0.29) is 0 Å². The minimum Gasteiger partial charge on any atom is -0.497 e. The standard InChI is InChI=1S/C19H21NO/c1-12-7-17-9-16(11-19(12)20-17)14-3-4-15-10-18(21-2)6-5-13(15)8-14/h3-6,8-10,12,17,19-20H,7,11H2,1-2H3. The molecule has 3 unspecified atom stereocenters. The van der Waals surface area contributed by atoms with Crippen molar-refractivity contribution in [1.29, 1.82) is 0 Å². The highest BCUT2D eigenvalue weighted by molar-refractivity contribution is 5.87. The van der Waals surface area contributed by atoms with Crippen LogP contribution in [0.3, 0.4) is 0 Å². The Morgan fingerprint density at radius 3 is 2.71 bits per heavy atom. The summed E-state index contributed by atoms with van der Waals surface area (Å²) in [4.78, 5) is 0. The number of ether oxygens (including phenoxy) is 1. The SMILES string of the molecule is COc1ccc2cc(C3=CC4CC(C)C(C3)N4)ccc2c1. The molecule has 108 valence electrons. The number of nitrogens with one attached hydrogen (secondary N) is 1. The molecule has 2 nitrogen and oxygen atoms in total. The summed E-state index contributed by atoms with van der Waals surface area (Å²) in [5, 5.41) is 6.22. The molecule has 0 spiro atoms. The molecule has 0 radical (unpaired) electrons. The Morgan fingerprint density at radius 2 is 1.90 bits per heavy atom. The van der Waals surface area contributed by atoms with Crippen LogP contribution in [0, 0.1) is 5.92 Å². The quantitative estimate of drug-likeness (QED) is 0.897. The van der Waals surface area contributed by atoms with Gasteiger partial charge in [0.25, 0.3) is 0 Å². The van der Waals surface area contributed by atoms with Gasteiger partial charge in [0.05, 0.1) is 7.11 Å². The average molecular weight is 279 g/mol. The molecule has 2 aliphatic rings. The fourth-order valence-electron chi connectivity index (χ4n) is 3.76. The molecule has 2 heteroatoms. The third-order valence-corrected chi connectivity index (χ3v) is 5.00. The molecule has 1 N–H and O–H groups in total. The first-order valence-electron chi connectivity index (χ1n) is 7.78. The Morgan fingerprint density at radius 1 is 1.10 bits per heavy atom. The summed E-state index contributed by atoms with van der Waals surface area (Å²) in [6, 6.07) is 14.3. The van der Waals surface area contributed by atoms with E-state index >= 15 is 0 Å². The van der Waals surface area contributed by atoms with Crippen LogP contribution in [0.15, 0.2) is 42.5 Å². The molecule has 2 bridgehead atoms. The summed E-state index contributed by atoms with van der Waals surface area (Å²) < 4.78 is 5.30. The van der Waals surface area contributed by atoms with Crippen LogP contribution in [0.4, 0.5) is 0 Å². The van der Waals surface area contributed by atoms with Gasteiger partial charge < -0.3 is 10.1 Å². The van der Waals surface area contributed by atoms with Crippen molar-refractivity contribution in [2.45, 2.75) is 31.8 Å². The van der Waals surface area contributed by atoms with Crippen molar-refractivity contribution in [3.8, 4) is 5.75 Å². The first kappa shape index (κ1) is 12.9. The maximum atomic E-state index is 5.30. The first-order valence-corrected chi connectivity index (χ1v) is 7.78. The molecule has 4 rings (SSSR count). The molecule has 1 saturated heterocycles. The monoisotopic (exact) mass is 279 g/mol. The van der Waals surface area contributed by atoms with Gasteiger partial charge in [0.1, 0.15) is 5.75 Å². The predicted molar refractivity (Wildman–Crippen MR) is 87.6 cm³/mol. The molecule has 1 fully saturated rings. The van der Waals surface area contributed by atoms with Gasteiger partial charge in [0.2, 0.25) is 0 Å². The Bertz CT molecular complexity index is 717. The van der Waals surface area contributed by atoms with Gasteiger partial charge in [-0.1, -0.05) is 31.2 Å². The largest absolute Gasteiger partial charge is 0.497 e. The van der Waals surface area contributed by atoms with E-state index in [0.29, 0.717) is 12.1 Å². The van der Waals surface area contributed by atoms with Crippen molar-refractivity contribution in [2.75, 3.05) is 7.11 Å². The van der Waals surface area contributed by atoms with Crippen molar-refractivity contribution in [2.24, 2.45) is 5.92 Å². The lowest BCUT2D eigenvalue weighted by Gasteiger charge is -2.23. The van der Waals surface area contributed by atoms with Gasteiger partial charge in [-0.25, -0.2) is 0 Å². The zero-order valence-corrected chi connectivity index (χ0v) is 12.6. The normalized spacial score (nSPS) is 27.7. The smallest absolute Gasteiger partial charge is 0.119 e. The van der Waals surface area contributed by atoms with Crippen LogP contribution in [0.2, 0.25) is 0 Å². The summed E-state index contributed by atoms with van der Waals surface area (Å²) in [6.07, 6.45) is 4.86. The summed E-state index contributed by atoms with van der Waals surface area (Å²) in [7, 11) is 1.71. The van der Waals surface area contributed by atoms with Crippen molar-refractivity contribution >= 4 is 16.3 Å². The molecular weight excluding hydrogens is 258 g/mol. The van der Waals surface area contributed by atoms with Crippen molar-refractivity contribution in [3.63, 3.8) is 0 Å². The lowest BCUT2D eigenvalue weighted by Crippen LogP contribution is -2.33. The molecule has 2 aliphatic heterocycles. The van der Waals surface area contributed by atoms with Crippen molar-refractivity contribution < 1.29 is 4.74 Å². The van der Waals surface area contributed by atoms with Crippen LogP contribution in [0.5, 0.6) is 5.75 Å². The molecule has 0 amide bonds. The number of hydrogen-bond acceptors (Lipinski definition) is 2. The van der Waals surface area contributed by atoms with Crippen molar-refractivity contribution in [1.82, 2.24) is 5.32 Å². The average Bonchev–Trinajstić information content (AvgIpc) is 2.78. The van der Waals surface area contributed by atoms with Gasteiger partial charge in [-0.3, -0.25) is 0 Å². The molecule has 3 atom stereocenters. The molecule has 2 heterocycles. The zero-order valence-electron chi connectivity index (χ0n) is 12.6. The minimum absolute atomic E-state index is 0.570. The fraction of sp³-hybridized carbons (Fsp3) is 0.368. The van der Waals surface area contributed by atoms with E-state index in [2.05, 4.69) is 48.6 Å². The van der Waals surface area contributed by atoms with E-state index in [4.69, 9.17) is 4.74 Å². The number of hydrogen-bond donors (Lipinski definition) is 1. The summed E-state index contributed by atoms with van der Waals surface area (Å²) >= 11 is 0. The Labute approximate surface area is 125 Å². The predicted octanol–water partition coefficient (Wildman–Crippen LogP) is 4.00. The van der Waals surface area contributed by atoms with Gasteiger partial charge in [0.15, 0.2) is 0 Å². The zero-order chi connectivity index (χ0) is 14.4. The summed E-state index contributed by atoms with van der Waals surface area (Å²) in [5.41, 5.74) is 2.88. The molecular formula is C19H21NO. The third-order valence-electron chi connectivity index (χ3n) is 5.00. The molecule has 0 aliphatic carbocycles. The Hall–Kier alpha value is -1.80. The Kier molecular flexibility index (Phi) is 3.00. The molecule has 2 aromatic rings. The van der Waals surface area contributed by atoms with Gasteiger partial charge in [-0.05, 0) is 58.9 Å². The topological polar surface area (TPSA) is 21.3 Å². The number of rotatable bonds is 2. The number of benzene rings is 2. The maximum Gasteiger partial charge on any atom is 0.119 e. The van der Waals surface area contributed by atoms with Gasteiger partial charge in [-0.15, -0.1) is 0 Å². The highest BCUT2D eigenvalue weighted by Gasteiger charge is 2.33. The second-order valence-corrected chi connectivity index (χ2v) is 6.42. The van der Waals surface area contributed by atoms with E-state index in [1.165, 1.54) is 28.3 Å². The second-order valence-electron chi connectivity index (χ2n) is 6.42. The van der Waals surface area contributed by atoms with E-state index in [1.54, 1.807) is 7.11 Å². The highest BCUT2D eigenvalue weighted by Crippen LogP contribution is 2.36. The van der Waals surface area contributed by atoms with E-state index in [9.17, 15) is 0 Å². The number of fused-ring (bicyclic) bond motifs is 3. The first-order chi connectivity index (χ1) is 10.2. The molecule has 0 aromatic heterocycles. The summed E-state index contributed by atoms with van der Waals surface area (Å²) in [6.45, 7) is 2.36. The van der Waals surface area contributed by atoms with Crippen LogP contribution in [-0.4, -0.2) is 19.2 Å². The molecule has 21 heavy (non-hydrogen) atoms. The van der Waals surface area contributed by atoms with E-state index in [1.807, 2.05) is 6.07 Å². The van der Waals surface area contributed by atoms with E-state index in [0.717, 1.165) is 18.1 Å². The Balaban J connectivity index is 1.71. The third kappa shape index (κ3) is 2.24. The van der Waals surface area contributed by atoms with Crippen LogP contribution < -0.4 is 10.1 Å².